The van der Waals surface area contributed by atoms with Crippen molar-refractivity contribution in [3.8, 4) is 11.3 Å². The van der Waals surface area contributed by atoms with Crippen LogP contribution in [0.2, 0.25) is 0 Å². The molecule has 25 heavy (non-hydrogen) atoms. The third kappa shape index (κ3) is 5.13. The van der Waals surface area contributed by atoms with Crippen LogP contribution in [0.1, 0.15) is 23.2 Å². The van der Waals surface area contributed by atoms with Crippen molar-refractivity contribution in [2.24, 2.45) is 0 Å². The molecule has 7 heteroatoms. The van der Waals surface area contributed by atoms with Crippen LogP contribution in [0.15, 0.2) is 48.7 Å². The summed E-state index contributed by atoms with van der Waals surface area (Å²) < 4.78 is 4.47. The van der Waals surface area contributed by atoms with Crippen LogP contribution in [0.4, 0.5) is 0 Å². The van der Waals surface area contributed by atoms with Crippen molar-refractivity contribution in [1.82, 2.24) is 10.3 Å². The predicted molar refractivity (Wildman–Crippen MR) is 89.8 cm³/mol. The molecule has 7 nitrogen and oxygen atoms in total. The van der Waals surface area contributed by atoms with Crippen molar-refractivity contribution in [2.75, 3.05) is 7.11 Å². The van der Waals surface area contributed by atoms with E-state index in [2.05, 4.69) is 15.0 Å². The summed E-state index contributed by atoms with van der Waals surface area (Å²) >= 11 is 0. The summed E-state index contributed by atoms with van der Waals surface area (Å²) in [6.45, 7) is 0. The standard InChI is InChI=1S/C18H18N2O5/c1-25-16(21)10-9-15(18(23)24)20-17(22)13-7-5-12(6-8-13)14-4-2-3-11-19-14/h2-8,11,15H,9-10H2,1H3,(H,20,22)(H,23,24). The number of ether oxygens (including phenoxy) is 1. The number of hydrogen-bond donors (Lipinski definition) is 2. The number of nitrogens with zero attached hydrogens (tertiary/aromatic N) is 1. The van der Waals surface area contributed by atoms with E-state index in [1.54, 1.807) is 30.5 Å². The Bertz CT molecular complexity index is 744. The Morgan fingerprint density at radius 1 is 1.16 bits per heavy atom. The van der Waals surface area contributed by atoms with E-state index in [4.69, 9.17) is 0 Å². The summed E-state index contributed by atoms with van der Waals surface area (Å²) in [7, 11) is 1.22. The molecule has 0 saturated carbocycles. The smallest absolute Gasteiger partial charge is 0.326 e. The van der Waals surface area contributed by atoms with Crippen LogP contribution < -0.4 is 5.32 Å². The molecule has 0 saturated heterocycles. The van der Waals surface area contributed by atoms with Crippen LogP contribution in [0, 0.1) is 0 Å². The average Bonchev–Trinajstić information content (AvgIpc) is 2.65. The first-order chi connectivity index (χ1) is 12.0. The van der Waals surface area contributed by atoms with Gasteiger partial charge in [-0.15, -0.1) is 0 Å². The molecule has 1 heterocycles. The highest BCUT2D eigenvalue weighted by Crippen LogP contribution is 2.17. The maximum Gasteiger partial charge on any atom is 0.326 e. The van der Waals surface area contributed by atoms with Gasteiger partial charge in [-0.1, -0.05) is 18.2 Å². The first kappa shape index (κ1) is 18.1. The Kier molecular flexibility index (Phi) is 6.22. The fraction of sp³-hybridized carbons (Fsp3) is 0.222. The highest BCUT2D eigenvalue weighted by atomic mass is 16.5. The lowest BCUT2D eigenvalue weighted by Crippen LogP contribution is -2.41. The summed E-state index contributed by atoms with van der Waals surface area (Å²) in [5.74, 6) is -2.26. The molecular weight excluding hydrogens is 324 g/mol. The lowest BCUT2D eigenvalue weighted by Gasteiger charge is -2.14. The van der Waals surface area contributed by atoms with Gasteiger partial charge in [0.1, 0.15) is 6.04 Å². The second kappa shape index (κ2) is 8.58. The molecule has 1 amide bonds. The van der Waals surface area contributed by atoms with Gasteiger partial charge in [0.2, 0.25) is 0 Å². The Balaban J connectivity index is 2.03. The number of carbonyl (C=O) groups excluding carboxylic acids is 2. The monoisotopic (exact) mass is 342 g/mol. The minimum atomic E-state index is -1.21. The number of esters is 1. The number of pyridine rings is 1. The largest absolute Gasteiger partial charge is 0.480 e. The van der Waals surface area contributed by atoms with Crippen molar-refractivity contribution in [3.63, 3.8) is 0 Å². The lowest BCUT2D eigenvalue weighted by atomic mass is 10.1. The van der Waals surface area contributed by atoms with Crippen molar-refractivity contribution < 1.29 is 24.2 Å². The summed E-state index contributed by atoms with van der Waals surface area (Å²) in [5, 5.41) is 11.6. The number of amides is 1. The van der Waals surface area contributed by atoms with Gasteiger partial charge in [0.05, 0.1) is 12.8 Å². The summed E-state index contributed by atoms with van der Waals surface area (Å²) in [5.41, 5.74) is 1.94. The van der Waals surface area contributed by atoms with E-state index in [1.165, 1.54) is 7.11 Å². The van der Waals surface area contributed by atoms with Crippen molar-refractivity contribution in [3.05, 3.63) is 54.2 Å². The van der Waals surface area contributed by atoms with Crippen molar-refractivity contribution in [1.29, 1.82) is 0 Å². The lowest BCUT2D eigenvalue weighted by molar-refractivity contribution is -0.142. The number of benzene rings is 1. The summed E-state index contributed by atoms with van der Waals surface area (Å²) in [4.78, 5) is 38.8. The van der Waals surface area contributed by atoms with E-state index in [1.807, 2.05) is 18.2 Å². The zero-order valence-electron chi connectivity index (χ0n) is 13.6. The normalized spacial score (nSPS) is 11.4. The number of carbonyl (C=O) groups is 3. The molecular formula is C18H18N2O5. The SMILES string of the molecule is COC(=O)CCC(NC(=O)c1ccc(-c2ccccn2)cc1)C(=O)O. The zero-order valence-corrected chi connectivity index (χ0v) is 13.6. The van der Waals surface area contributed by atoms with E-state index in [0.717, 1.165) is 11.3 Å². The van der Waals surface area contributed by atoms with Crippen LogP contribution in [0.3, 0.4) is 0 Å². The van der Waals surface area contributed by atoms with Gasteiger partial charge in [-0.05, 0) is 30.7 Å². The second-order valence-corrected chi connectivity index (χ2v) is 5.27. The van der Waals surface area contributed by atoms with Gasteiger partial charge in [0.25, 0.3) is 5.91 Å². The molecule has 0 aliphatic rings. The fourth-order valence-corrected chi connectivity index (χ4v) is 2.19. The van der Waals surface area contributed by atoms with Gasteiger partial charge in [0.15, 0.2) is 0 Å². The molecule has 0 bridgehead atoms. The molecule has 0 spiro atoms. The van der Waals surface area contributed by atoms with E-state index < -0.39 is 23.9 Å². The number of aliphatic carboxylic acids is 1. The Morgan fingerprint density at radius 3 is 2.44 bits per heavy atom. The molecule has 1 aromatic heterocycles. The number of hydrogen-bond acceptors (Lipinski definition) is 5. The number of carboxylic acid groups (broad SMARTS) is 1. The van der Waals surface area contributed by atoms with Gasteiger partial charge in [-0.25, -0.2) is 4.79 Å². The minimum Gasteiger partial charge on any atom is -0.480 e. The minimum absolute atomic E-state index is 0.0419. The molecule has 1 atom stereocenters. The van der Waals surface area contributed by atoms with Gasteiger partial charge >= 0.3 is 11.9 Å². The Morgan fingerprint density at radius 2 is 1.88 bits per heavy atom. The molecule has 1 unspecified atom stereocenters. The molecule has 1 aromatic carbocycles. The van der Waals surface area contributed by atoms with Crippen molar-refractivity contribution >= 4 is 17.8 Å². The number of aromatic nitrogens is 1. The fourth-order valence-electron chi connectivity index (χ4n) is 2.19. The van der Waals surface area contributed by atoms with Gasteiger partial charge < -0.3 is 15.2 Å². The first-order valence-electron chi connectivity index (χ1n) is 7.63. The Labute approximate surface area is 144 Å². The van der Waals surface area contributed by atoms with Crippen LogP contribution in [0.25, 0.3) is 11.3 Å². The predicted octanol–water partition coefficient (Wildman–Crippen LogP) is 1.88. The van der Waals surface area contributed by atoms with E-state index in [0.29, 0.717) is 5.56 Å². The Hall–Kier alpha value is -3.22. The quantitative estimate of drug-likeness (QED) is 0.744. The highest BCUT2D eigenvalue weighted by Gasteiger charge is 2.21. The van der Waals surface area contributed by atoms with Gasteiger partial charge in [-0.3, -0.25) is 14.6 Å². The molecule has 0 fully saturated rings. The van der Waals surface area contributed by atoms with Crippen molar-refractivity contribution in [2.45, 2.75) is 18.9 Å². The first-order valence-corrected chi connectivity index (χ1v) is 7.63. The van der Waals surface area contributed by atoms with Crippen LogP contribution >= 0.6 is 0 Å². The molecule has 2 rings (SSSR count). The van der Waals surface area contributed by atoms with Crippen LogP contribution in [-0.2, 0) is 14.3 Å². The second-order valence-electron chi connectivity index (χ2n) is 5.27. The van der Waals surface area contributed by atoms with Gasteiger partial charge in [0, 0.05) is 23.7 Å². The number of nitrogens with one attached hydrogen (secondary N) is 1. The van der Waals surface area contributed by atoms with Gasteiger partial charge in [-0.2, -0.15) is 0 Å². The maximum absolute atomic E-state index is 12.2. The highest BCUT2D eigenvalue weighted by molar-refractivity contribution is 5.97. The van der Waals surface area contributed by atoms with E-state index >= 15 is 0 Å². The third-order valence-electron chi connectivity index (χ3n) is 3.58. The number of methoxy groups -OCH3 is 1. The number of rotatable bonds is 7. The molecule has 0 radical (unpaired) electrons. The van der Waals surface area contributed by atoms with Crippen LogP contribution in [-0.4, -0.2) is 41.1 Å². The topological polar surface area (TPSA) is 106 Å². The average molecular weight is 342 g/mol. The van der Waals surface area contributed by atoms with E-state index in [9.17, 15) is 19.5 Å². The summed E-state index contributed by atoms with van der Waals surface area (Å²) in [6, 6.07) is 11.0. The maximum atomic E-state index is 12.2. The zero-order chi connectivity index (χ0) is 18.2. The molecule has 2 N–H and O–H groups in total. The molecule has 2 aromatic rings. The molecule has 0 aliphatic carbocycles. The third-order valence-corrected chi connectivity index (χ3v) is 3.58. The molecule has 130 valence electrons. The molecule has 0 aliphatic heterocycles. The van der Waals surface area contributed by atoms with E-state index in [-0.39, 0.29) is 12.8 Å². The van der Waals surface area contributed by atoms with Crippen LogP contribution in [0.5, 0.6) is 0 Å². The number of carboxylic acids is 1. The summed E-state index contributed by atoms with van der Waals surface area (Å²) in [6.07, 6.45) is 1.54.